The van der Waals surface area contributed by atoms with E-state index in [4.69, 9.17) is 0 Å². The smallest absolute Gasteiger partial charge is 0.0777 e. The first-order valence-corrected chi connectivity index (χ1v) is 12.2. The minimum atomic E-state index is -0.555. The fourth-order valence-corrected chi connectivity index (χ4v) is 6.49. The zero-order valence-corrected chi connectivity index (χ0v) is 19.9. The van der Waals surface area contributed by atoms with Gasteiger partial charge in [-0.15, -0.1) is 0 Å². The van der Waals surface area contributed by atoms with Crippen molar-refractivity contribution in [3.05, 3.63) is 34.4 Å². The molecule has 0 aromatic carbocycles. The summed E-state index contributed by atoms with van der Waals surface area (Å²) < 4.78 is 0. The Morgan fingerprint density at radius 1 is 1.17 bits per heavy atom. The van der Waals surface area contributed by atoms with Crippen LogP contribution in [0.5, 0.6) is 0 Å². The van der Waals surface area contributed by atoms with Crippen LogP contribution in [0.4, 0.5) is 0 Å². The maximum absolute atomic E-state index is 10.2. The largest absolute Gasteiger partial charge is 0.393 e. The van der Waals surface area contributed by atoms with Gasteiger partial charge < -0.3 is 15.3 Å². The van der Waals surface area contributed by atoms with E-state index in [1.54, 1.807) is 5.57 Å². The number of aliphatic hydroxyl groups excluding tert-OH is 2. The Bertz CT molecular complexity index is 708. The van der Waals surface area contributed by atoms with Crippen LogP contribution in [0.25, 0.3) is 0 Å². The van der Waals surface area contributed by atoms with Crippen LogP contribution in [0.1, 0.15) is 98.8 Å². The van der Waals surface area contributed by atoms with Gasteiger partial charge in [-0.25, -0.2) is 0 Å². The summed E-state index contributed by atoms with van der Waals surface area (Å²) in [5.41, 5.74) is 5.05. The van der Waals surface area contributed by atoms with Gasteiger partial charge in [0.15, 0.2) is 0 Å². The topological polar surface area (TPSA) is 60.7 Å². The van der Waals surface area contributed by atoms with Crippen molar-refractivity contribution in [2.75, 3.05) is 0 Å². The molecule has 30 heavy (non-hydrogen) atoms. The van der Waals surface area contributed by atoms with Gasteiger partial charge in [0.05, 0.1) is 17.8 Å². The van der Waals surface area contributed by atoms with Crippen molar-refractivity contribution >= 4 is 0 Å². The van der Waals surface area contributed by atoms with E-state index in [-0.39, 0.29) is 0 Å². The minimum absolute atomic E-state index is 0.307. The molecule has 3 aliphatic rings. The van der Waals surface area contributed by atoms with Gasteiger partial charge in [-0.3, -0.25) is 0 Å². The van der Waals surface area contributed by atoms with Crippen molar-refractivity contribution < 1.29 is 15.3 Å². The number of hydrogen-bond acceptors (Lipinski definition) is 3. The molecule has 0 radical (unpaired) electrons. The van der Waals surface area contributed by atoms with Gasteiger partial charge in [-0.05, 0) is 99.7 Å². The molecule has 0 aromatic heterocycles. The van der Waals surface area contributed by atoms with Crippen LogP contribution in [-0.2, 0) is 0 Å². The number of rotatable bonds is 7. The van der Waals surface area contributed by atoms with Gasteiger partial charge >= 0.3 is 0 Å². The van der Waals surface area contributed by atoms with E-state index in [0.717, 1.165) is 36.3 Å². The molecule has 0 heterocycles. The van der Waals surface area contributed by atoms with Crippen molar-refractivity contribution in [2.45, 2.75) is 117 Å². The molecule has 1 fully saturated rings. The summed E-state index contributed by atoms with van der Waals surface area (Å²) in [6, 6.07) is 0. The second-order valence-electron chi connectivity index (χ2n) is 11.3. The van der Waals surface area contributed by atoms with Gasteiger partial charge in [0.2, 0.25) is 0 Å². The first-order chi connectivity index (χ1) is 14.0. The predicted molar refractivity (Wildman–Crippen MR) is 124 cm³/mol. The quantitative estimate of drug-likeness (QED) is 0.488. The lowest BCUT2D eigenvalue weighted by Crippen LogP contribution is -2.31. The lowest BCUT2D eigenvalue weighted by atomic mass is 9.64. The Morgan fingerprint density at radius 2 is 1.87 bits per heavy atom. The average molecular weight is 417 g/mol. The second-order valence-corrected chi connectivity index (χ2v) is 11.3. The third-order valence-electron chi connectivity index (χ3n) is 8.32. The lowest BCUT2D eigenvalue weighted by Gasteiger charge is -2.40. The zero-order chi connectivity index (χ0) is 22.1. The van der Waals surface area contributed by atoms with E-state index < -0.39 is 17.8 Å². The monoisotopic (exact) mass is 416 g/mol. The Hall–Kier alpha value is -0.900. The van der Waals surface area contributed by atoms with E-state index in [1.165, 1.54) is 37.7 Å². The van der Waals surface area contributed by atoms with E-state index in [1.807, 2.05) is 20.8 Å². The number of hydrogen-bond donors (Lipinski definition) is 3. The van der Waals surface area contributed by atoms with Crippen LogP contribution in [0.3, 0.4) is 0 Å². The minimum Gasteiger partial charge on any atom is -0.393 e. The van der Waals surface area contributed by atoms with Crippen molar-refractivity contribution in [2.24, 2.45) is 17.3 Å². The highest BCUT2D eigenvalue weighted by molar-refractivity contribution is 5.40. The lowest BCUT2D eigenvalue weighted by molar-refractivity contribution is 0.0641. The molecule has 3 nitrogen and oxygen atoms in total. The molecule has 0 saturated heterocycles. The average Bonchev–Trinajstić information content (AvgIpc) is 3.00. The molecule has 1 saturated carbocycles. The van der Waals surface area contributed by atoms with Gasteiger partial charge in [-0.1, -0.05) is 44.4 Å². The summed E-state index contributed by atoms with van der Waals surface area (Å²) in [4.78, 5) is 0. The summed E-state index contributed by atoms with van der Waals surface area (Å²) in [6.07, 6.45) is 14.0. The number of allylic oxidation sites excluding steroid dienone is 4. The molecular formula is C27H44O3. The van der Waals surface area contributed by atoms with Gasteiger partial charge in [0.1, 0.15) is 0 Å². The standard InChI is InChI=1S/C27H44O3/c1-18(8-6-14-26(3,4)30)23-12-13-24-20(9-7-15-27(23,24)5)10-11-21-16-22(28)17-25(29)19(21)2/h10-11,18,22-23,25,28-30H,6-9,12-17H2,1-5H3/b11-10+/t18-,22-,23-,25+,27-/m1/s1. The molecule has 3 N–H and O–H groups in total. The Labute approximate surface area is 184 Å². The second kappa shape index (κ2) is 9.30. The molecule has 3 rings (SSSR count). The molecule has 5 atom stereocenters. The van der Waals surface area contributed by atoms with Gasteiger partial charge in [-0.2, -0.15) is 0 Å². The molecule has 3 aliphatic carbocycles. The predicted octanol–water partition coefficient (Wildman–Crippen LogP) is 5.85. The molecule has 0 unspecified atom stereocenters. The molecule has 0 aliphatic heterocycles. The van der Waals surface area contributed by atoms with E-state index >= 15 is 0 Å². The highest BCUT2D eigenvalue weighted by Crippen LogP contribution is 2.58. The Morgan fingerprint density at radius 3 is 2.57 bits per heavy atom. The third kappa shape index (κ3) is 5.29. The number of fused-ring (bicyclic) bond motifs is 1. The maximum Gasteiger partial charge on any atom is 0.0777 e. The van der Waals surface area contributed by atoms with Crippen molar-refractivity contribution in [1.29, 1.82) is 0 Å². The molecule has 0 spiro atoms. The Balaban J connectivity index is 1.74. The van der Waals surface area contributed by atoms with E-state index in [9.17, 15) is 15.3 Å². The first-order valence-electron chi connectivity index (χ1n) is 12.2. The first kappa shape index (κ1) is 23.8. The van der Waals surface area contributed by atoms with Crippen molar-refractivity contribution in [3.8, 4) is 0 Å². The fourth-order valence-electron chi connectivity index (χ4n) is 6.49. The van der Waals surface area contributed by atoms with Crippen LogP contribution >= 0.6 is 0 Å². The molecule has 3 heteroatoms. The van der Waals surface area contributed by atoms with Crippen LogP contribution in [-0.4, -0.2) is 33.1 Å². The third-order valence-corrected chi connectivity index (χ3v) is 8.32. The molecule has 0 aromatic rings. The summed E-state index contributed by atoms with van der Waals surface area (Å²) >= 11 is 0. The van der Waals surface area contributed by atoms with Crippen LogP contribution in [0.15, 0.2) is 34.4 Å². The Kier molecular flexibility index (Phi) is 7.37. The highest BCUT2D eigenvalue weighted by atomic mass is 16.3. The van der Waals surface area contributed by atoms with E-state index in [2.05, 4.69) is 26.0 Å². The maximum atomic E-state index is 10.2. The van der Waals surface area contributed by atoms with E-state index in [0.29, 0.717) is 24.2 Å². The zero-order valence-electron chi connectivity index (χ0n) is 19.9. The summed E-state index contributed by atoms with van der Waals surface area (Å²) in [6.45, 7) is 10.7. The molecule has 0 amide bonds. The van der Waals surface area contributed by atoms with Crippen LogP contribution in [0, 0.1) is 17.3 Å². The highest BCUT2D eigenvalue weighted by Gasteiger charge is 2.46. The van der Waals surface area contributed by atoms with Crippen molar-refractivity contribution in [1.82, 2.24) is 0 Å². The fraction of sp³-hybridized carbons (Fsp3) is 0.778. The molecule has 170 valence electrons. The van der Waals surface area contributed by atoms with Crippen LogP contribution < -0.4 is 0 Å². The summed E-state index contributed by atoms with van der Waals surface area (Å²) in [5, 5.41) is 30.3. The SMILES string of the molecule is CC1=C(/C=C/C2=C3CC[C@H]([C@H](C)CCCC(C)(C)O)[C@@]3(C)CCC2)C[C@@H](O)C[C@@H]1O. The van der Waals surface area contributed by atoms with Crippen LogP contribution in [0.2, 0.25) is 0 Å². The molecule has 0 bridgehead atoms. The normalized spacial score (nSPS) is 34.1. The van der Waals surface area contributed by atoms with Gasteiger partial charge in [0, 0.05) is 6.42 Å². The van der Waals surface area contributed by atoms with Gasteiger partial charge in [0.25, 0.3) is 0 Å². The number of aliphatic hydroxyl groups is 3. The molecular weight excluding hydrogens is 372 g/mol. The van der Waals surface area contributed by atoms with Crippen molar-refractivity contribution in [3.63, 3.8) is 0 Å². The summed E-state index contributed by atoms with van der Waals surface area (Å²) in [5.74, 6) is 1.42. The summed E-state index contributed by atoms with van der Waals surface area (Å²) in [7, 11) is 0.